The third kappa shape index (κ3) is 3.96. The van der Waals surface area contributed by atoms with Crippen molar-refractivity contribution in [1.29, 1.82) is 0 Å². The molecule has 1 aromatic carbocycles. The number of nitrogens with zero attached hydrogens (tertiary/aromatic N) is 2. The normalized spacial score (nSPS) is 23.0. The van der Waals surface area contributed by atoms with Gasteiger partial charge in [0.25, 0.3) is 0 Å². The fourth-order valence-corrected chi connectivity index (χ4v) is 4.34. The second-order valence-corrected chi connectivity index (χ2v) is 7.69. The molecule has 2 atom stereocenters. The summed E-state index contributed by atoms with van der Waals surface area (Å²) in [5, 5.41) is 3.51. The molecule has 3 heterocycles. The van der Waals surface area contributed by atoms with Crippen molar-refractivity contribution in [3.05, 3.63) is 41.8 Å². The molecule has 1 aromatic heterocycles. The van der Waals surface area contributed by atoms with E-state index in [1.807, 2.05) is 20.0 Å². The Balaban J connectivity index is 0.00000256. The van der Waals surface area contributed by atoms with Crippen LogP contribution in [0.15, 0.2) is 30.3 Å². The van der Waals surface area contributed by atoms with Gasteiger partial charge in [0.2, 0.25) is 11.8 Å². The first-order valence-corrected chi connectivity index (χ1v) is 9.98. The first kappa shape index (κ1) is 22.3. The summed E-state index contributed by atoms with van der Waals surface area (Å²) < 4.78 is 25.5. The Morgan fingerprint density at radius 1 is 1.30 bits per heavy atom. The summed E-state index contributed by atoms with van der Waals surface area (Å²) in [6.45, 7) is 3.15. The zero-order valence-electron chi connectivity index (χ0n) is 17.4. The number of likely N-dealkylation sites (tertiary alicyclic amines) is 1. The molecule has 2 aromatic rings. The molecule has 2 saturated heterocycles. The number of hydrogen-bond donors (Lipinski definition) is 1. The number of carbonyl (C=O) groups excluding carboxylic acids is 1. The van der Waals surface area contributed by atoms with Crippen molar-refractivity contribution < 1.29 is 18.7 Å². The van der Waals surface area contributed by atoms with Crippen LogP contribution >= 0.6 is 12.4 Å². The highest BCUT2D eigenvalue weighted by atomic mass is 35.5. The van der Waals surface area contributed by atoms with Crippen molar-refractivity contribution in [2.24, 2.45) is 0 Å². The summed E-state index contributed by atoms with van der Waals surface area (Å²) in [5.74, 6) is 0.824. The van der Waals surface area contributed by atoms with Crippen LogP contribution in [0.4, 0.5) is 4.39 Å². The number of methoxy groups -OCH3 is 1. The smallest absolute Gasteiger partial charge is 0.242 e. The Kier molecular flexibility index (Phi) is 6.53. The number of benzene rings is 1. The molecular weight excluding hydrogens is 409 g/mol. The van der Waals surface area contributed by atoms with E-state index in [0.717, 1.165) is 31.5 Å². The Bertz CT molecular complexity index is 942. The molecule has 30 heavy (non-hydrogen) atoms. The van der Waals surface area contributed by atoms with Crippen molar-refractivity contribution in [1.82, 2.24) is 15.2 Å². The monoisotopic (exact) mass is 435 g/mol. The summed E-state index contributed by atoms with van der Waals surface area (Å²) in [4.78, 5) is 19.0. The maximum Gasteiger partial charge on any atom is 0.242 e. The van der Waals surface area contributed by atoms with Crippen molar-refractivity contribution >= 4 is 18.3 Å². The number of halogens is 2. The van der Waals surface area contributed by atoms with Crippen LogP contribution in [0.2, 0.25) is 0 Å². The minimum absolute atomic E-state index is 0. The van der Waals surface area contributed by atoms with E-state index in [4.69, 9.17) is 9.47 Å². The van der Waals surface area contributed by atoms with E-state index < -0.39 is 5.54 Å². The predicted octanol–water partition coefficient (Wildman–Crippen LogP) is 3.74. The quantitative estimate of drug-likeness (QED) is 0.775. The molecule has 1 amide bonds. The zero-order chi connectivity index (χ0) is 20.6. The lowest BCUT2D eigenvalue weighted by Crippen LogP contribution is -2.47. The number of carbonyl (C=O) groups is 1. The van der Waals surface area contributed by atoms with Gasteiger partial charge in [-0.2, -0.15) is 0 Å². The summed E-state index contributed by atoms with van der Waals surface area (Å²) in [5.41, 5.74) is 1.34. The van der Waals surface area contributed by atoms with E-state index >= 15 is 0 Å². The SMILES string of the molecule is CCOc1ccc(F)c(-c2cc(OC)nc([C@@H]3CC[C@@]4(CCN(C)C4=O)N3)c2)c1.Cl. The molecule has 2 aliphatic heterocycles. The van der Waals surface area contributed by atoms with Gasteiger partial charge in [0.15, 0.2) is 0 Å². The summed E-state index contributed by atoms with van der Waals surface area (Å²) in [6, 6.07) is 8.22. The summed E-state index contributed by atoms with van der Waals surface area (Å²) in [6.07, 6.45) is 2.35. The lowest BCUT2D eigenvalue weighted by Gasteiger charge is -2.23. The molecule has 0 radical (unpaired) electrons. The highest BCUT2D eigenvalue weighted by Crippen LogP contribution is 2.40. The minimum atomic E-state index is -0.509. The molecule has 1 spiro atoms. The second-order valence-electron chi connectivity index (χ2n) is 7.69. The van der Waals surface area contributed by atoms with E-state index in [0.29, 0.717) is 29.4 Å². The highest BCUT2D eigenvalue weighted by molar-refractivity contribution is 5.88. The summed E-state index contributed by atoms with van der Waals surface area (Å²) in [7, 11) is 3.38. The number of likely N-dealkylation sites (N-methyl/N-ethyl adjacent to an activating group) is 1. The van der Waals surface area contributed by atoms with Crippen LogP contribution in [0.5, 0.6) is 11.6 Å². The molecule has 6 nitrogen and oxygen atoms in total. The third-order valence-corrected chi connectivity index (χ3v) is 5.89. The van der Waals surface area contributed by atoms with Crippen molar-refractivity contribution in [3.8, 4) is 22.8 Å². The first-order valence-electron chi connectivity index (χ1n) is 9.98. The van der Waals surface area contributed by atoms with Crippen LogP contribution in [-0.4, -0.2) is 48.6 Å². The third-order valence-electron chi connectivity index (χ3n) is 5.89. The Morgan fingerprint density at radius 2 is 2.10 bits per heavy atom. The van der Waals surface area contributed by atoms with Crippen LogP contribution < -0.4 is 14.8 Å². The standard InChI is InChI=1S/C22H26FN3O3.ClH/c1-4-29-15-5-6-17(23)16(13-15)14-11-19(24-20(12-14)28-3)18-7-8-22(25-18)9-10-26(2)21(22)27;/h5-6,11-13,18,25H,4,7-10H2,1-3H3;1H/t18-,22-;/m0./s1. The van der Waals surface area contributed by atoms with Gasteiger partial charge >= 0.3 is 0 Å². The number of aromatic nitrogens is 1. The van der Waals surface area contributed by atoms with Crippen LogP contribution in [-0.2, 0) is 4.79 Å². The Morgan fingerprint density at radius 3 is 2.77 bits per heavy atom. The molecule has 1 N–H and O–H groups in total. The van der Waals surface area contributed by atoms with Crippen LogP contribution in [0.25, 0.3) is 11.1 Å². The van der Waals surface area contributed by atoms with Crippen LogP contribution in [0, 0.1) is 5.82 Å². The van der Waals surface area contributed by atoms with E-state index in [-0.39, 0.29) is 30.2 Å². The fraction of sp³-hybridized carbons (Fsp3) is 0.455. The number of hydrogen-bond acceptors (Lipinski definition) is 5. The molecule has 2 aliphatic rings. The molecule has 8 heteroatoms. The second kappa shape index (κ2) is 8.78. The number of ether oxygens (including phenoxy) is 2. The maximum absolute atomic E-state index is 14.6. The lowest BCUT2D eigenvalue weighted by molar-refractivity contribution is -0.131. The first-order chi connectivity index (χ1) is 14.0. The largest absolute Gasteiger partial charge is 0.494 e. The highest BCUT2D eigenvalue weighted by Gasteiger charge is 2.50. The average Bonchev–Trinajstić information content (AvgIpc) is 3.29. The molecule has 4 rings (SSSR count). The molecule has 162 valence electrons. The van der Waals surface area contributed by atoms with E-state index in [2.05, 4.69) is 10.3 Å². The van der Waals surface area contributed by atoms with Gasteiger partial charge in [0.05, 0.1) is 25.5 Å². The van der Waals surface area contributed by atoms with Gasteiger partial charge in [-0.05, 0) is 56.0 Å². The Hall–Kier alpha value is -2.38. The van der Waals surface area contributed by atoms with E-state index in [1.54, 1.807) is 30.2 Å². The van der Waals surface area contributed by atoms with Crippen LogP contribution in [0.1, 0.15) is 37.9 Å². The lowest BCUT2D eigenvalue weighted by atomic mass is 9.96. The molecule has 0 aliphatic carbocycles. The fourth-order valence-electron chi connectivity index (χ4n) is 4.34. The molecule has 0 saturated carbocycles. The van der Waals surface area contributed by atoms with Gasteiger partial charge in [-0.3, -0.25) is 10.1 Å². The minimum Gasteiger partial charge on any atom is -0.494 e. The summed E-state index contributed by atoms with van der Waals surface area (Å²) >= 11 is 0. The van der Waals surface area contributed by atoms with Crippen LogP contribution in [0.3, 0.4) is 0 Å². The molecule has 0 bridgehead atoms. The van der Waals surface area contributed by atoms with E-state index in [9.17, 15) is 9.18 Å². The maximum atomic E-state index is 14.6. The van der Waals surface area contributed by atoms with Gasteiger partial charge in [-0.1, -0.05) is 0 Å². The zero-order valence-corrected chi connectivity index (χ0v) is 18.2. The molecular formula is C22H27ClFN3O3. The van der Waals surface area contributed by atoms with Gasteiger partial charge in [-0.15, -0.1) is 12.4 Å². The van der Waals surface area contributed by atoms with Gasteiger partial charge < -0.3 is 14.4 Å². The molecule has 0 unspecified atom stereocenters. The number of pyridine rings is 1. The van der Waals surface area contributed by atoms with Gasteiger partial charge in [-0.25, -0.2) is 9.37 Å². The molecule has 2 fully saturated rings. The van der Waals surface area contributed by atoms with Gasteiger partial charge in [0, 0.05) is 25.2 Å². The van der Waals surface area contributed by atoms with Crippen molar-refractivity contribution in [3.63, 3.8) is 0 Å². The van der Waals surface area contributed by atoms with E-state index in [1.165, 1.54) is 6.07 Å². The Labute approximate surface area is 182 Å². The number of rotatable bonds is 5. The van der Waals surface area contributed by atoms with Gasteiger partial charge in [0.1, 0.15) is 17.1 Å². The number of amides is 1. The number of nitrogens with one attached hydrogen (secondary N) is 1. The topological polar surface area (TPSA) is 63.7 Å². The average molecular weight is 436 g/mol. The van der Waals surface area contributed by atoms with Crippen molar-refractivity contribution in [2.45, 2.75) is 37.8 Å². The predicted molar refractivity (Wildman–Crippen MR) is 115 cm³/mol. The van der Waals surface area contributed by atoms with Crippen molar-refractivity contribution in [2.75, 3.05) is 27.3 Å².